The van der Waals surface area contributed by atoms with Crippen LogP contribution in [0, 0.1) is 11.7 Å². The molecular formula is C14H15F4NO2. The summed E-state index contributed by atoms with van der Waals surface area (Å²) in [6.07, 6.45) is -3.46. The number of halogens is 4. The second kappa shape index (κ2) is 6.01. The molecular weight excluding hydrogens is 290 g/mol. The van der Waals surface area contributed by atoms with Crippen LogP contribution in [-0.2, 0) is 6.18 Å². The fourth-order valence-electron chi connectivity index (χ4n) is 2.48. The second-order valence-electron chi connectivity index (χ2n) is 5.11. The third kappa shape index (κ3) is 3.34. The first kappa shape index (κ1) is 15.8. The lowest BCUT2D eigenvalue weighted by Gasteiger charge is -2.32. The lowest BCUT2D eigenvalue weighted by Crippen LogP contribution is -2.41. The van der Waals surface area contributed by atoms with Crippen molar-refractivity contribution < 1.29 is 27.5 Å². The highest BCUT2D eigenvalue weighted by Crippen LogP contribution is 2.33. The number of alkyl halides is 3. The Balaban J connectivity index is 2.27. The van der Waals surface area contributed by atoms with E-state index in [1.165, 1.54) is 4.90 Å². The van der Waals surface area contributed by atoms with Gasteiger partial charge in [-0.05, 0) is 30.9 Å². The second-order valence-corrected chi connectivity index (χ2v) is 5.11. The van der Waals surface area contributed by atoms with E-state index in [-0.39, 0.29) is 19.1 Å². The minimum atomic E-state index is -4.84. The molecule has 3 nitrogen and oxygen atoms in total. The first-order valence-electron chi connectivity index (χ1n) is 6.60. The maximum atomic E-state index is 13.9. The number of nitrogens with zero attached hydrogens (tertiary/aromatic N) is 1. The fourth-order valence-corrected chi connectivity index (χ4v) is 2.48. The zero-order chi connectivity index (χ0) is 15.6. The predicted octanol–water partition coefficient (Wildman–Crippen LogP) is 2.69. The van der Waals surface area contributed by atoms with E-state index >= 15 is 0 Å². The molecule has 1 saturated heterocycles. The SMILES string of the molecule is O=C(c1cccc(C(F)(F)F)c1F)N1CCCC(CO)C1. The van der Waals surface area contributed by atoms with Gasteiger partial charge in [-0.2, -0.15) is 13.2 Å². The summed E-state index contributed by atoms with van der Waals surface area (Å²) >= 11 is 0. The fraction of sp³-hybridized carbons (Fsp3) is 0.500. The summed E-state index contributed by atoms with van der Waals surface area (Å²) in [4.78, 5) is 13.5. The molecule has 1 fully saturated rings. The Hall–Kier alpha value is -1.63. The molecule has 1 aromatic rings. The highest BCUT2D eigenvalue weighted by Gasteiger charge is 2.36. The first-order chi connectivity index (χ1) is 9.84. The normalized spacial score (nSPS) is 19.7. The van der Waals surface area contributed by atoms with Gasteiger partial charge < -0.3 is 10.0 Å². The van der Waals surface area contributed by atoms with Crippen molar-refractivity contribution in [2.45, 2.75) is 19.0 Å². The number of aliphatic hydroxyl groups is 1. The Kier molecular flexibility index (Phi) is 4.51. The quantitative estimate of drug-likeness (QED) is 0.854. The van der Waals surface area contributed by atoms with E-state index in [0.717, 1.165) is 18.6 Å². The molecule has 1 N–H and O–H groups in total. The minimum Gasteiger partial charge on any atom is -0.396 e. The van der Waals surface area contributed by atoms with Gasteiger partial charge in [0.2, 0.25) is 0 Å². The topological polar surface area (TPSA) is 40.5 Å². The number of carbonyl (C=O) groups excluding carboxylic acids is 1. The molecule has 116 valence electrons. The summed E-state index contributed by atoms with van der Waals surface area (Å²) in [5.74, 6) is -2.42. The summed E-state index contributed by atoms with van der Waals surface area (Å²) in [5.41, 5.74) is -2.02. The summed E-state index contributed by atoms with van der Waals surface area (Å²) in [6.45, 7) is 0.477. The highest BCUT2D eigenvalue weighted by atomic mass is 19.4. The molecule has 1 heterocycles. The lowest BCUT2D eigenvalue weighted by molar-refractivity contribution is -0.140. The van der Waals surface area contributed by atoms with Gasteiger partial charge in [0, 0.05) is 19.7 Å². The van der Waals surface area contributed by atoms with E-state index in [1.54, 1.807) is 0 Å². The number of hydrogen-bond donors (Lipinski definition) is 1. The third-order valence-electron chi connectivity index (χ3n) is 3.60. The van der Waals surface area contributed by atoms with Crippen molar-refractivity contribution in [3.05, 3.63) is 35.1 Å². The van der Waals surface area contributed by atoms with Gasteiger partial charge in [-0.3, -0.25) is 4.79 Å². The highest BCUT2D eigenvalue weighted by molar-refractivity contribution is 5.94. The van der Waals surface area contributed by atoms with Gasteiger partial charge in [-0.25, -0.2) is 4.39 Å². The van der Waals surface area contributed by atoms with Crippen molar-refractivity contribution in [2.75, 3.05) is 19.7 Å². The molecule has 0 saturated carbocycles. The standard InChI is InChI=1S/C14H15F4NO2/c15-12-10(4-1-5-11(12)14(16,17)18)13(21)19-6-2-3-9(7-19)8-20/h1,4-5,9,20H,2-3,6-8H2. The van der Waals surface area contributed by atoms with Gasteiger partial charge >= 0.3 is 6.18 Å². The van der Waals surface area contributed by atoms with E-state index < -0.39 is 29.0 Å². The molecule has 0 radical (unpaired) electrons. The lowest BCUT2D eigenvalue weighted by atomic mass is 9.98. The van der Waals surface area contributed by atoms with E-state index in [4.69, 9.17) is 5.11 Å². The number of likely N-dealkylation sites (tertiary alicyclic amines) is 1. The van der Waals surface area contributed by atoms with Crippen LogP contribution in [-0.4, -0.2) is 35.6 Å². The smallest absolute Gasteiger partial charge is 0.396 e. The average Bonchev–Trinajstić information content (AvgIpc) is 2.45. The number of piperidine rings is 1. The van der Waals surface area contributed by atoms with Crippen LogP contribution in [0.3, 0.4) is 0 Å². The van der Waals surface area contributed by atoms with Crippen LogP contribution in [0.2, 0.25) is 0 Å². The summed E-state index contributed by atoms with van der Waals surface area (Å²) in [6, 6.07) is 2.68. The van der Waals surface area contributed by atoms with Crippen LogP contribution >= 0.6 is 0 Å². The Morgan fingerprint density at radius 3 is 2.71 bits per heavy atom. The van der Waals surface area contributed by atoms with E-state index in [2.05, 4.69) is 0 Å². The molecule has 0 spiro atoms. The Bertz CT molecular complexity index is 530. The van der Waals surface area contributed by atoms with Crippen molar-refractivity contribution in [2.24, 2.45) is 5.92 Å². The number of rotatable bonds is 2. The van der Waals surface area contributed by atoms with Crippen LogP contribution in [0.5, 0.6) is 0 Å². The maximum Gasteiger partial charge on any atom is 0.419 e. The van der Waals surface area contributed by atoms with Gasteiger partial charge in [0.05, 0.1) is 11.1 Å². The molecule has 1 aliphatic heterocycles. The van der Waals surface area contributed by atoms with Crippen LogP contribution in [0.15, 0.2) is 18.2 Å². The Morgan fingerprint density at radius 2 is 2.10 bits per heavy atom. The number of benzene rings is 1. The van der Waals surface area contributed by atoms with Crippen molar-refractivity contribution in [1.29, 1.82) is 0 Å². The molecule has 1 amide bonds. The number of hydrogen-bond acceptors (Lipinski definition) is 2. The van der Waals surface area contributed by atoms with E-state index in [1.807, 2.05) is 0 Å². The van der Waals surface area contributed by atoms with Crippen LogP contribution in [0.4, 0.5) is 17.6 Å². The Morgan fingerprint density at radius 1 is 1.38 bits per heavy atom. The molecule has 0 bridgehead atoms. The predicted molar refractivity (Wildman–Crippen MR) is 67.1 cm³/mol. The van der Waals surface area contributed by atoms with Crippen LogP contribution in [0.25, 0.3) is 0 Å². The third-order valence-corrected chi connectivity index (χ3v) is 3.60. The molecule has 7 heteroatoms. The van der Waals surface area contributed by atoms with Crippen molar-refractivity contribution >= 4 is 5.91 Å². The number of carbonyl (C=O) groups is 1. The largest absolute Gasteiger partial charge is 0.419 e. The molecule has 2 rings (SSSR count). The summed E-state index contributed by atoms with van der Waals surface area (Å²) < 4.78 is 51.9. The van der Waals surface area contributed by atoms with Gasteiger partial charge in [0.15, 0.2) is 0 Å². The molecule has 1 aromatic carbocycles. The molecule has 0 aromatic heterocycles. The van der Waals surface area contributed by atoms with Crippen molar-refractivity contribution in [3.63, 3.8) is 0 Å². The summed E-state index contributed by atoms with van der Waals surface area (Å²) in [7, 11) is 0. The number of amides is 1. The average molecular weight is 305 g/mol. The van der Waals surface area contributed by atoms with Crippen molar-refractivity contribution in [1.82, 2.24) is 4.90 Å². The van der Waals surface area contributed by atoms with Gasteiger partial charge in [-0.15, -0.1) is 0 Å². The van der Waals surface area contributed by atoms with Crippen LogP contribution < -0.4 is 0 Å². The van der Waals surface area contributed by atoms with Gasteiger partial charge in [0.25, 0.3) is 5.91 Å². The van der Waals surface area contributed by atoms with E-state index in [0.29, 0.717) is 19.0 Å². The van der Waals surface area contributed by atoms with E-state index in [9.17, 15) is 22.4 Å². The summed E-state index contributed by atoms with van der Waals surface area (Å²) in [5, 5.41) is 9.11. The Labute approximate surface area is 119 Å². The molecule has 1 unspecified atom stereocenters. The first-order valence-corrected chi connectivity index (χ1v) is 6.60. The molecule has 1 atom stereocenters. The monoisotopic (exact) mass is 305 g/mol. The zero-order valence-electron chi connectivity index (χ0n) is 11.2. The molecule has 1 aliphatic rings. The van der Waals surface area contributed by atoms with Crippen LogP contribution in [0.1, 0.15) is 28.8 Å². The zero-order valence-corrected chi connectivity index (χ0v) is 11.2. The van der Waals surface area contributed by atoms with Gasteiger partial charge in [0.1, 0.15) is 5.82 Å². The van der Waals surface area contributed by atoms with Gasteiger partial charge in [-0.1, -0.05) is 6.07 Å². The van der Waals surface area contributed by atoms with Crippen molar-refractivity contribution in [3.8, 4) is 0 Å². The number of aliphatic hydroxyl groups excluding tert-OH is 1. The molecule has 0 aliphatic carbocycles. The minimum absolute atomic E-state index is 0.102. The maximum absolute atomic E-state index is 13.9. The molecule has 21 heavy (non-hydrogen) atoms.